The predicted molar refractivity (Wildman–Crippen MR) is 65.1 cm³/mol. The van der Waals surface area contributed by atoms with Crippen molar-refractivity contribution in [1.82, 2.24) is 10.6 Å². The summed E-state index contributed by atoms with van der Waals surface area (Å²) in [6.45, 7) is 9.07. The molecule has 0 aromatic heterocycles. The third kappa shape index (κ3) is 6.63. The van der Waals surface area contributed by atoms with Crippen molar-refractivity contribution in [3.05, 3.63) is 0 Å². The fraction of sp³-hybridized carbons (Fsp3) is 0.917. The van der Waals surface area contributed by atoms with Gasteiger partial charge in [-0.15, -0.1) is 0 Å². The van der Waals surface area contributed by atoms with E-state index in [1.165, 1.54) is 0 Å². The van der Waals surface area contributed by atoms with Crippen molar-refractivity contribution in [2.24, 2.45) is 5.92 Å². The molecule has 0 aliphatic heterocycles. The number of Topliss-reactive ketones (excluding diaryl/α,β-unsaturated/α-hetero) is 1. The summed E-state index contributed by atoms with van der Waals surface area (Å²) in [5.74, 6) is 0.454. The van der Waals surface area contributed by atoms with Crippen molar-refractivity contribution in [3.8, 4) is 0 Å². The summed E-state index contributed by atoms with van der Waals surface area (Å²) in [5.41, 5.74) is 0. The Kier molecular flexibility index (Phi) is 7.61. The highest BCUT2D eigenvalue weighted by Gasteiger charge is 2.20. The van der Waals surface area contributed by atoms with Gasteiger partial charge < -0.3 is 10.6 Å². The minimum Gasteiger partial charge on any atom is -0.320 e. The van der Waals surface area contributed by atoms with E-state index in [0.29, 0.717) is 11.8 Å². The van der Waals surface area contributed by atoms with Crippen LogP contribution < -0.4 is 10.6 Å². The topological polar surface area (TPSA) is 41.1 Å². The standard InChI is InChI=1S/C12H26N2O/c1-9(2)12(15)11(14-10(3)4)7-6-8-13-5/h9-11,13-14H,6-8H2,1-5H3/t11-/m0/s1. The van der Waals surface area contributed by atoms with Gasteiger partial charge in [-0.05, 0) is 26.4 Å². The molecule has 2 N–H and O–H groups in total. The van der Waals surface area contributed by atoms with Crippen LogP contribution in [0.3, 0.4) is 0 Å². The fourth-order valence-corrected chi connectivity index (χ4v) is 1.60. The van der Waals surface area contributed by atoms with Crippen LogP contribution in [0.5, 0.6) is 0 Å². The van der Waals surface area contributed by atoms with E-state index in [2.05, 4.69) is 24.5 Å². The van der Waals surface area contributed by atoms with Crippen LogP contribution >= 0.6 is 0 Å². The number of carbonyl (C=O) groups is 1. The van der Waals surface area contributed by atoms with Gasteiger partial charge in [-0.3, -0.25) is 4.79 Å². The Bertz CT molecular complexity index is 178. The summed E-state index contributed by atoms with van der Waals surface area (Å²) in [6.07, 6.45) is 1.97. The summed E-state index contributed by atoms with van der Waals surface area (Å²) in [4.78, 5) is 11.9. The Hall–Kier alpha value is -0.410. The van der Waals surface area contributed by atoms with Gasteiger partial charge >= 0.3 is 0 Å². The molecule has 1 atom stereocenters. The van der Waals surface area contributed by atoms with Gasteiger partial charge in [0.25, 0.3) is 0 Å². The predicted octanol–water partition coefficient (Wildman–Crippen LogP) is 1.58. The number of hydrogen-bond donors (Lipinski definition) is 2. The van der Waals surface area contributed by atoms with Crippen LogP contribution in [0.15, 0.2) is 0 Å². The minimum atomic E-state index is 0.0262. The first-order chi connectivity index (χ1) is 6.99. The molecule has 0 aliphatic rings. The molecule has 0 bridgehead atoms. The van der Waals surface area contributed by atoms with E-state index in [4.69, 9.17) is 0 Å². The highest BCUT2D eigenvalue weighted by Crippen LogP contribution is 2.06. The van der Waals surface area contributed by atoms with Crippen LogP contribution in [0.1, 0.15) is 40.5 Å². The van der Waals surface area contributed by atoms with Gasteiger partial charge in [0.05, 0.1) is 6.04 Å². The molecule has 0 aromatic carbocycles. The Morgan fingerprint density at radius 1 is 1.20 bits per heavy atom. The van der Waals surface area contributed by atoms with E-state index < -0.39 is 0 Å². The third-order valence-corrected chi connectivity index (χ3v) is 2.37. The second-order valence-electron chi connectivity index (χ2n) is 4.68. The number of nitrogens with one attached hydrogen (secondary N) is 2. The molecule has 90 valence electrons. The monoisotopic (exact) mass is 214 g/mol. The Balaban J connectivity index is 4.11. The molecular weight excluding hydrogens is 188 g/mol. The molecule has 0 saturated heterocycles. The maximum atomic E-state index is 11.9. The largest absolute Gasteiger partial charge is 0.320 e. The first-order valence-electron chi connectivity index (χ1n) is 5.93. The van der Waals surface area contributed by atoms with Crippen LogP contribution in [0, 0.1) is 5.92 Å². The lowest BCUT2D eigenvalue weighted by Gasteiger charge is -2.21. The molecule has 0 amide bonds. The lowest BCUT2D eigenvalue weighted by atomic mass is 9.97. The number of carbonyl (C=O) groups excluding carboxylic acids is 1. The molecular formula is C12H26N2O. The third-order valence-electron chi connectivity index (χ3n) is 2.37. The SMILES string of the molecule is CNCCC[C@H](NC(C)C)C(=O)C(C)C. The van der Waals surface area contributed by atoms with Crippen LogP contribution in [-0.2, 0) is 4.79 Å². The van der Waals surface area contributed by atoms with Crippen LogP contribution in [0.2, 0.25) is 0 Å². The molecule has 3 heteroatoms. The Morgan fingerprint density at radius 2 is 1.80 bits per heavy atom. The van der Waals surface area contributed by atoms with Crippen LogP contribution in [0.25, 0.3) is 0 Å². The molecule has 3 nitrogen and oxygen atoms in total. The summed E-state index contributed by atoms with van der Waals surface area (Å²) in [5, 5.41) is 6.45. The highest BCUT2D eigenvalue weighted by molar-refractivity contribution is 5.85. The van der Waals surface area contributed by atoms with Gasteiger partial charge in [-0.2, -0.15) is 0 Å². The van der Waals surface area contributed by atoms with Crippen LogP contribution in [0.4, 0.5) is 0 Å². The lowest BCUT2D eigenvalue weighted by Crippen LogP contribution is -2.43. The second kappa shape index (κ2) is 7.83. The first-order valence-corrected chi connectivity index (χ1v) is 5.93. The Morgan fingerprint density at radius 3 is 2.20 bits per heavy atom. The van der Waals surface area contributed by atoms with Crippen molar-refractivity contribution in [2.45, 2.75) is 52.6 Å². The van der Waals surface area contributed by atoms with Gasteiger partial charge in [0, 0.05) is 12.0 Å². The molecule has 0 aliphatic carbocycles. The van der Waals surface area contributed by atoms with Crippen molar-refractivity contribution >= 4 is 5.78 Å². The molecule has 0 spiro atoms. The van der Waals surface area contributed by atoms with Crippen molar-refractivity contribution in [2.75, 3.05) is 13.6 Å². The molecule has 0 saturated carbocycles. The normalized spacial score (nSPS) is 13.5. The van der Waals surface area contributed by atoms with Gasteiger partial charge in [0.1, 0.15) is 0 Å². The molecule has 0 unspecified atom stereocenters. The molecule has 0 aromatic rings. The number of ketones is 1. The first kappa shape index (κ1) is 14.6. The summed E-state index contributed by atoms with van der Waals surface area (Å²) >= 11 is 0. The fourth-order valence-electron chi connectivity index (χ4n) is 1.60. The molecule has 15 heavy (non-hydrogen) atoms. The van der Waals surface area contributed by atoms with Gasteiger partial charge in [-0.1, -0.05) is 27.7 Å². The number of hydrogen-bond acceptors (Lipinski definition) is 3. The van der Waals surface area contributed by atoms with E-state index in [0.717, 1.165) is 19.4 Å². The van der Waals surface area contributed by atoms with Gasteiger partial charge in [0.15, 0.2) is 5.78 Å². The highest BCUT2D eigenvalue weighted by atomic mass is 16.1. The zero-order valence-corrected chi connectivity index (χ0v) is 10.8. The molecule has 0 rings (SSSR count). The maximum absolute atomic E-state index is 11.9. The second-order valence-corrected chi connectivity index (χ2v) is 4.68. The smallest absolute Gasteiger partial charge is 0.152 e. The quantitative estimate of drug-likeness (QED) is 0.603. The van der Waals surface area contributed by atoms with E-state index in [1.807, 2.05) is 20.9 Å². The van der Waals surface area contributed by atoms with E-state index >= 15 is 0 Å². The zero-order valence-electron chi connectivity index (χ0n) is 10.8. The Labute approximate surface area is 94.0 Å². The molecule has 0 fully saturated rings. The van der Waals surface area contributed by atoms with E-state index in [-0.39, 0.29) is 12.0 Å². The minimum absolute atomic E-state index is 0.0262. The summed E-state index contributed by atoms with van der Waals surface area (Å²) in [6, 6.07) is 0.394. The van der Waals surface area contributed by atoms with Crippen molar-refractivity contribution in [1.29, 1.82) is 0 Å². The van der Waals surface area contributed by atoms with Gasteiger partial charge in [-0.25, -0.2) is 0 Å². The van der Waals surface area contributed by atoms with Crippen molar-refractivity contribution < 1.29 is 4.79 Å². The molecule has 0 heterocycles. The lowest BCUT2D eigenvalue weighted by molar-refractivity contribution is -0.124. The maximum Gasteiger partial charge on any atom is 0.152 e. The summed E-state index contributed by atoms with van der Waals surface area (Å²) < 4.78 is 0. The summed E-state index contributed by atoms with van der Waals surface area (Å²) in [7, 11) is 1.94. The molecule has 0 radical (unpaired) electrons. The zero-order chi connectivity index (χ0) is 11.8. The van der Waals surface area contributed by atoms with E-state index in [1.54, 1.807) is 0 Å². The average molecular weight is 214 g/mol. The van der Waals surface area contributed by atoms with E-state index in [9.17, 15) is 4.79 Å². The van der Waals surface area contributed by atoms with Crippen LogP contribution in [-0.4, -0.2) is 31.5 Å². The van der Waals surface area contributed by atoms with Gasteiger partial charge in [0.2, 0.25) is 0 Å². The van der Waals surface area contributed by atoms with Crippen molar-refractivity contribution in [3.63, 3.8) is 0 Å². The average Bonchev–Trinajstić information content (AvgIpc) is 2.14. The number of rotatable bonds is 8.